The molecule has 0 unspecified atom stereocenters. The minimum absolute atomic E-state index is 0.296. The van der Waals surface area contributed by atoms with Crippen LogP contribution in [-0.4, -0.2) is 18.7 Å². The topological polar surface area (TPSA) is 65.7 Å². The standard InChI is InChI=1S/C22H22O5/c1-4-18(22(24)25-5-2)26-19-12-11-16-17(15-9-7-6-8-10-15)13-20(23)27-21(16)14(19)3/h6-13,18H,4-5H2,1-3H3/t18-/m1/s1. The predicted molar refractivity (Wildman–Crippen MR) is 104 cm³/mol. The van der Waals surface area contributed by atoms with E-state index in [9.17, 15) is 9.59 Å². The number of carbonyl (C=O) groups excluding carboxylic acids is 1. The van der Waals surface area contributed by atoms with Gasteiger partial charge in [-0.05, 0) is 43.5 Å². The van der Waals surface area contributed by atoms with Gasteiger partial charge in [-0.25, -0.2) is 9.59 Å². The summed E-state index contributed by atoms with van der Waals surface area (Å²) in [4.78, 5) is 24.2. The monoisotopic (exact) mass is 366 g/mol. The van der Waals surface area contributed by atoms with Crippen LogP contribution in [0.25, 0.3) is 22.1 Å². The van der Waals surface area contributed by atoms with Crippen molar-refractivity contribution in [2.24, 2.45) is 0 Å². The maximum absolute atomic E-state index is 12.1. The summed E-state index contributed by atoms with van der Waals surface area (Å²) in [6, 6.07) is 14.8. The predicted octanol–water partition coefficient (Wildman–Crippen LogP) is 4.49. The number of rotatable bonds is 6. The highest BCUT2D eigenvalue weighted by molar-refractivity contribution is 5.95. The maximum Gasteiger partial charge on any atom is 0.347 e. The minimum atomic E-state index is -0.704. The zero-order chi connectivity index (χ0) is 19.4. The van der Waals surface area contributed by atoms with Crippen LogP contribution in [0.1, 0.15) is 25.8 Å². The molecular weight excluding hydrogens is 344 g/mol. The van der Waals surface area contributed by atoms with Gasteiger partial charge in [0.1, 0.15) is 11.3 Å². The van der Waals surface area contributed by atoms with Crippen molar-refractivity contribution < 1.29 is 18.7 Å². The van der Waals surface area contributed by atoms with Crippen molar-refractivity contribution in [3.8, 4) is 16.9 Å². The Labute approximate surface area is 157 Å². The molecule has 5 heteroatoms. The van der Waals surface area contributed by atoms with Gasteiger partial charge in [-0.15, -0.1) is 0 Å². The van der Waals surface area contributed by atoms with E-state index in [1.165, 1.54) is 6.07 Å². The second kappa shape index (κ2) is 8.08. The van der Waals surface area contributed by atoms with Crippen molar-refractivity contribution in [1.82, 2.24) is 0 Å². The fourth-order valence-electron chi connectivity index (χ4n) is 3.01. The van der Waals surface area contributed by atoms with Gasteiger partial charge in [0.25, 0.3) is 0 Å². The van der Waals surface area contributed by atoms with Crippen LogP contribution in [0.15, 0.2) is 57.7 Å². The number of ether oxygens (including phenoxy) is 2. The molecule has 0 aliphatic heterocycles. The summed E-state index contributed by atoms with van der Waals surface area (Å²) in [7, 11) is 0. The average Bonchev–Trinajstić information content (AvgIpc) is 2.68. The first-order valence-electron chi connectivity index (χ1n) is 9.01. The van der Waals surface area contributed by atoms with Gasteiger partial charge in [-0.2, -0.15) is 0 Å². The molecule has 0 spiro atoms. The number of fused-ring (bicyclic) bond motifs is 1. The van der Waals surface area contributed by atoms with Gasteiger partial charge in [0, 0.05) is 17.0 Å². The van der Waals surface area contributed by atoms with E-state index in [1.54, 1.807) is 13.0 Å². The van der Waals surface area contributed by atoms with Gasteiger partial charge in [-0.1, -0.05) is 37.3 Å². The van der Waals surface area contributed by atoms with Crippen molar-refractivity contribution in [3.63, 3.8) is 0 Å². The molecule has 1 aromatic heterocycles. The molecule has 0 fully saturated rings. The molecule has 3 rings (SSSR count). The van der Waals surface area contributed by atoms with Crippen molar-refractivity contribution in [2.75, 3.05) is 6.61 Å². The van der Waals surface area contributed by atoms with Crippen LogP contribution < -0.4 is 10.4 Å². The Bertz CT molecular complexity index is 1000. The average molecular weight is 366 g/mol. The molecule has 1 atom stereocenters. The molecule has 0 amide bonds. The van der Waals surface area contributed by atoms with Crippen LogP contribution >= 0.6 is 0 Å². The molecule has 0 radical (unpaired) electrons. The fraction of sp³-hybridized carbons (Fsp3) is 0.273. The highest BCUT2D eigenvalue weighted by atomic mass is 16.6. The number of benzene rings is 2. The highest BCUT2D eigenvalue weighted by Gasteiger charge is 2.22. The first kappa shape index (κ1) is 18.7. The molecule has 27 heavy (non-hydrogen) atoms. The highest BCUT2D eigenvalue weighted by Crippen LogP contribution is 2.33. The summed E-state index contributed by atoms with van der Waals surface area (Å²) in [5, 5.41) is 0.815. The molecule has 2 aromatic carbocycles. The molecule has 3 aromatic rings. The zero-order valence-electron chi connectivity index (χ0n) is 15.7. The minimum Gasteiger partial charge on any atom is -0.478 e. The summed E-state index contributed by atoms with van der Waals surface area (Å²) in [5.74, 6) is 0.0924. The second-order valence-corrected chi connectivity index (χ2v) is 6.18. The Morgan fingerprint density at radius 3 is 2.52 bits per heavy atom. The van der Waals surface area contributed by atoms with Crippen LogP contribution in [0.4, 0.5) is 0 Å². The van der Waals surface area contributed by atoms with Gasteiger partial charge in [0.05, 0.1) is 6.61 Å². The first-order valence-corrected chi connectivity index (χ1v) is 9.01. The third kappa shape index (κ3) is 3.87. The first-order chi connectivity index (χ1) is 13.0. The Kier molecular flexibility index (Phi) is 5.60. The van der Waals surface area contributed by atoms with E-state index in [4.69, 9.17) is 13.9 Å². The quantitative estimate of drug-likeness (QED) is 0.475. The summed E-state index contributed by atoms with van der Waals surface area (Å²) in [6.45, 7) is 5.72. The lowest BCUT2D eigenvalue weighted by molar-refractivity contribution is -0.151. The lowest BCUT2D eigenvalue weighted by Gasteiger charge is -2.18. The maximum atomic E-state index is 12.1. The molecule has 0 saturated heterocycles. The molecule has 1 heterocycles. The van der Waals surface area contributed by atoms with Crippen LogP contribution in [0, 0.1) is 6.92 Å². The number of esters is 1. The van der Waals surface area contributed by atoms with E-state index in [1.807, 2.05) is 50.2 Å². The van der Waals surface area contributed by atoms with Crippen LogP contribution in [0.2, 0.25) is 0 Å². The summed E-state index contributed by atoms with van der Waals surface area (Å²) in [5.41, 5.74) is 2.43. The normalized spacial score (nSPS) is 12.0. The van der Waals surface area contributed by atoms with Gasteiger partial charge >= 0.3 is 11.6 Å². The van der Waals surface area contributed by atoms with E-state index in [0.29, 0.717) is 29.9 Å². The number of carbonyl (C=O) groups is 1. The lowest BCUT2D eigenvalue weighted by atomic mass is 10.00. The van der Waals surface area contributed by atoms with Gasteiger partial charge in [0.2, 0.25) is 0 Å². The van der Waals surface area contributed by atoms with Crippen molar-refractivity contribution in [1.29, 1.82) is 0 Å². The van der Waals surface area contributed by atoms with Crippen LogP contribution in [0.5, 0.6) is 5.75 Å². The number of aryl methyl sites for hydroxylation is 1. The second-order valence-electron chi connectivity index (χ2n) is 6.18. The molecular formula is C22H22O5. The van der Waals surface area contributed by atoms with E-state index < -0.39 is 17.7 Å². The molecule has 0 bridgehead atoms. The van der Waals surface area contributed by atoms with E-state index in [2.05, 4.69) is 0 Å². The molecule has 5 nitrogen and oxygen atoms in total. The van der Waals surface area contributed by atoms with Crippen LogP contribution in [-0.2, 0) is 9.53 Å². The van der Waals surface area contributed by atoms with E-state index >= 15 is 0 Å². The molecule has 0 aliphatic carbocycles. The van der Waals surface area contributed by atoms with E-state index in [0.717, 1.165) is 16.5 Å². The Hall–Kier alpha value is -3.08. The number of hydrogen-bond donors (Lipinski definition) is 0. The summed E-state index contributed by atoms with van der Waals surface area (Å²) >= 11 is 0. The summed E-state index contributed by atoms with van der Waals surface area (Å²) < 4.78 is 16.4. The van der Waals surface area contributed by atoms with Crippen LogP contribution in [0.3, 0.4) is 0 Å². The van der Waals surface area contributed by atoms with Gasteiger partial charge < -0.3 is 13.9 Å². The Morgan fingerprint density at radius 2 is 1.85 bits per heavy atom. The van der Waals surface area contributed by atoms with Crippen molar-refractivity contribution >= 4 is 16.9 Å². The molecule has 0 N–H and O–H groups in total. The molecule has 0 saturated carbocycles. The van der Waals surface area contributed by atoms with E-state index in [-0.39, 0.29) is 0 Å². The third-order valence-corrected chi connectivity index (χ3v) is 4.39. The smallest absolute Gasteiger partial charge is 0.347 e. The fourth-order valence-corrected chi connectivity index (χ4v) is 3.01. The van der Waals surface area contributed by atoms with Crippen molar-refractivity contribution in [3.05, 3.63) is 64.5 Å². The van der Waals surface area contributed by atoms with Gasteiger partial charge in [-0.3, -0.25) is 0 Å². The third-order valence-electron chi connectivity index (χ3n) is 4.39. The summed E-state index contributed by atoms with van der Waals surface area (Å²) in [6.07, 6.45) is -0.227. The van der Waals surface area contributed by atoms with Crippen molar-refractivity contribution in [2.45, 2.75) is 33.3 Å². The molecule has 0 aliphatic rings. The number of hydrogen-bond acceptors (Lipinski definition) is 5. The SMILES string of the molecule is CCOC(=O)[C@@H](CC)Oc1ccc2c(-c3ccccc3)cc(=O)oc2c1C. The lowest BCUT2D eigenvalue weighted by Crippen LogP contribution is -2.29. The largest absolute Gasteiger partial charge is 0.478 e. The molecule has 140 valence electrons. The van der Waals surface area contributed by atoms with Gasteiger partial charge in [0.15, 0.2) is 6.10 Å². The Balaban J connectivity index is 2.08. The Morgan fingerprint density at radius 1 is 1.11 bits per heavy atom. The zero-order valence-corrected chi connectivity index (χ0v) is 15.7.